The first-order chi connectivity index (χ1) is 7.47. The second-order valence-corrected chi connectivity index (χ2v) is 4.00. The van der Waals surface area contributed by atoms with Crippen LogP contribution in [-0.2, 0) is 19.2 Å². The van der Waals surface area contributed by atoms with Gasteiger partial charge in [0.25, 0.3) is 11.8 Å². The molecule has 0 aromatic carbocycles. The minimum Gasteiger partial charge on any atom is -0.329 e. The normalized spacial score (nSPS) is 18.1. The van der Waals surface area contributed by atoms with E-state index in [1.54, 1.807) is 7.05 Å². The maximum absolute atomic E-state index is 11.6. The molecule has 0 aromatic heterocycles. The third-order valence-electron chi connectivity index (χ3n) is 2.42. The van der Waals surface area contributed by atoms with Gasteiger partial charge in [0.1, 0.15) is 6.04 Å². The molecule has 0 spiro atoms. The van der Waals surface area contributed by atoms with Crippen LogP contribution in [0.4, 0.5) is 0 Å². The van der Waals surface area contributed by atoms with E-state index in [1.165, 1.54) is 0 Å². The molecule has 6 heteroatoms. The predicted molar refractivity (Wildman–Crippen MR) is 54.9 cm³/mol. The molecular formula is C10H16N2O4. The zero-order chi connectivity index (χ0) is 12.3. The molecule has 1 fully saturated rings. The van der Waals surface area contributed by atoms with Crippen LogP contribution in [0.5, 0.6) is 0 Å². The van der Waals surface area contributed by atoms with E-state index in [0.29, 0.717) is 5.06 Å². The van der Waals surface area contributed by atoms with Gasteiger partial charge >= 0.3 is 5.97 Å². The van der Waals surface area contributed by atoms with Crippen molar-refractivity contribution in [2.45, 2.75) is 32.7 Å². The van der Waals surface area contributed by atoms with Crippen molar-refractivity contribution in [1.29, 1.82) is 0 Å². The van der Waals surface area contributed by atoms with E-state index in [1.807, 2.05) is 13.8 Å². The van der Waals surface area contributed by atoms with Gasteiger partial charge in [-0.3, -0.25) is 9.59 Å². The number of carbonyl (C=O) groups is 3. The lowest BCUT2D eigenvalue weighted by Gasteiger charge is -2.20. The second-order valence-electron chi connectivity index (χ2n) is 4.00. The number of hydrogen-bond acceptors (Lipinski definition) is 5. The van der Waals surface area contributed by atoms with E-state index in [-0.39, 0.29) is 18.8 Å². The summed E-state index contributed by atoms with van der Waals surface area (Å²) < 4.78 is 0. The highest BCUT2D eigenvalue weighted by Gasteiger charge is 2.35. The average Bonchev–Trinajstić information content (AvgIpc) is 2.50. The molecule has 1 N–H and O–H groups in total. The van der Waals surface area contributed by atoms with Crippen LogP contribution in [-0.4, -0.2) is 35.9 Å². The predicted octanol–water partition coefficient (Wildman–Crippen LogP) is -0.162. The fourth-order valence-electron chi connectivity index (χ4n) is 1.53. The number of nitrogens with zero attached hydrogens (tertiary/aromatic N) is 1. The Bertz CT molecular complexity index is 298. The molecule has 16 heavy (non-hydrogen) atoms. The SMILES string of the molecule is CNC(C(=O)ON1C(=O)CCC1=O)C(C)C. The molecule has 6 nitrogen and oxygen atoms in total. The first-order valence-electron chi connectivity index (χ1n) is 5.22. The molecule has 1 heterocycles. The van der Waals surface area contributed by atoms with Crippen LogP contribution in [0.2, 0.25) is 0 Å². The van der Waals surface area contributed by atoms with E-state index in [2.05, 4.69) is 5.32 Å². The van der Waals surface area contributed by atoms with Crippen LogP contribution in [0.1, 0.15) is 26.7 Å². The summed E-state index contributed by atoms with van der Waals surface area (Å²) >= 11 is 0. The minimum absolute atomic E-state index is 0.0188. The largest absolute Gasteiger partial charge is 0.350 e. The van der Waals surface area contributed by atoms with E-state index < -0.39 is 23.8 Å². The standard InChI is InChI=1S/C10H16N2O4/c1-6(2)9(11-3)10(15)16-12-7(13)4-5-8(12)14/h6,9,11H,4-5H2,1-3H3. The van der Waals surface area contributed by atoms with Crippen LogP contribution in [0, 0.1) is 5.92 Å². The number of hydroxylamine groups is 2. The summed E-state index contributed by atoms with van der Waals surface area (Å²) in [5, 5.41) is 3.35. The molecule has 1 atom stereocenters. The Morgan fingerprint density at radius 1 is 1.31 bits per heavy atom. The van der Waals surface area contributed by atoms with Gasteiger partial charge in [-0.25, -0.2) is 4.79 Å². The van der Waals surface area contributed by atoms with E-state index in [4.69, 9.17) is 4.84 Å². The Balaban J connectivity index is 2.63. The number of hydrogen-bond donors (Lipinski definition) is 1. The third-order valence-corrected chi connectivity index (χ3v) is 2.42. The molecule has 0 aromatic rings. The van der Waals surface area contributed by atoms with Crippen molar-refractivity contribution in [3.8, 4) is 0 Å². The van der Waals surface area contributed by atoms with Gasteiger partial charge in [-0.15, -0.1) is 5.06 Å². The molecule has 1 rings (SSSR count). The summed E-state index contributed by atoms with van der Waals surface area (Å²) in [5.74, 6) is -1.51. The van der Waals surface area contributed by atoms with E-state index >= 15 is 0 Å². The molecule has 0 saturated carbocycles. The van der Waals surface area contributed by atoms with Crippen molar-refractivity contribution in [3.63, 3.8) is 0 Å². The summed E-state index contributed by atoms with van der Waals surface area (Å²) in [6.07, 6.45) is 0.218. The lowest BCUT2D eigenvalue weighted by Crippen LogP contribution is -2.44. The van der Waals surface area contributed by atoms with Gasteiger partial charge in [0.15, 0.2) is 0 Å². The highest BCUT2D eigenvalue weighted by molar-refractivity contribution is 6.01. The Morgan fingerprint density at radius 3 is 2.19 bits per heavy atom. The van der Waals surface area contributed by atoms with Crippen LogP contribution < -0.4 is 5.32 Å². The summed E-state index contributed by atoms with van der Waals surface area (Å²) in [6.45, 7) is 3.69. The minimum atomic E-state index is -0.610. The Morgan fingerprint density at radius 2 is 1.81 bits per heavy atom. The van der Waals surface area contributed by atoms with Crippen LogP contribution in [0.15, 0.2) is 0 Å². The lowest BCUT2D eigenvalue weighted by molar-refractivity contribution is -0.199. The highest BCUT2D eigenvalue weighted by atomic mass is 16.7. The quantitative estimate of drug-likeness (QED) is 0.676. The molecular weight excluding hydrogens is 212 g/mol. The Kier molecular flexibility index (Phi) is 4.00. The zero-order valence-electron chi connectivity index (χ0n) is 9.65. The topological polar surface area (TPSA) is 75.7 Å². The molecule has 0 bridgehead atoms. The van der Waals surface area contributed by atoms with Gasteiger partial charge < -0.3 is 10.2 Å². The van der Waals surface area contributed by atoms with E-state index in [9.17, 15) is 14.4 Å². The maximum atomic E-state index is 11.6. The smallest absolute Gasteiger partial charge is 0.329 e. The van der Waals surface area contributed by atoms with Crippen molar-refractivity contribution < 1.29 is 19.2 Å². The number of likely N-dealkylation sites (N-methyl/N-ethyl adjacent to an activating group) is 1. The second kappa shape index (κ2) is 5.07. The monoisotopic (exact) mass is 228 g/mol. The van der Waals surface area contributed by atoms with Gasteiger partial charge in [-0.05, 0) is 13.0 Å². The molecule has 0 radical (unpaired) electrons. The summed E-state index contributed by atoms with van der Waals surface area (Å²) in [7, 11) is 1.62. The third kappa shape index (κ3) is 2.57. The van der Waals surface area contributed by atoms with Crippen molar-refractivity contribution >= 4 is 17.8 Å². The van der Waals surface area contributed by atoms with Gasteiger partial charge in [-0.1, -0.05) is 13.8 Å². The first-order valence-corrected chi connectivity index (χ1v) is 5.22. The number of amides is 2. The van der Waals surface area contributed by atoms with Crippen LogP contribution in [0.3, 0.4) is 0 Å². The zero-order valence-corrected chi connectivity index (χ0v) is 9.65. The Hall–Kier alpha value is -1.43. The molecule has 2 amide bonds. The number of carbonyl (C=O) groups excluding carboxylic acids is 3. The molecule has 1 unspecified atom stereocenters. The fraction of sp³-hybridized carbons (Fsp3) is 0.700. The van der Waals surface area contributed by atoms with E-state index in [0.717, 1.165) is 0 Å². The molecule has 1 saturated heterocycles. The number of rotatable bonds is 4. The van der Waals surface area contributed by atoms with Gasteiger partial charge in [-0.2, -0.15) is 0 Å². The van der Waals surface area contributed by atoms with Gasteiger partial charge in [0, 0.05) is 12.8 Å². The number of nitrogens with one attached hydrogen (secondary N) is 1. The van der Waals surface area contributed by atoms with Gasteiger partial charge in [0.05, 0.1) is 0 Å². The molecule has 90 valence electrons. The maximum Gasteiger partial charge on any atom is 0.350 e. The highest BCUT2D eigenvalue weighted by Crippen LogP contribution is 2.14. The molecule has 1 aliphatic heterocycles. The fourth-order valence-corrected chi connectivity index (χ4v) is 1.53. The van der Waals surface area contributed by atoms with Crippen LogP contribution >= 0.6 is 0 Å². The number of imide groups is 1. The molecule has 0 aliphatic carbocycles. The molecule has 1 aliphatic rings. The van der Waals surface area contributed by atoms with Crippen molar-refractivity contribution in [2.75, 3.05) is 7.05 Å². The summed E-state index contributed by atoms with van der Waals surface area (Å²) in [4.78, 5) is 38.8. The first kappa shape index (κ1) is 12.6. The summed E-state index contributed by atoms with van der Waals surface area (Å²) in [5.41, 5.74) is 0. The van der Waals surface area contributed by atoms with Crippen molar-refractivity contribution in [2.24, 2.45) is 5.92 Å². The lowest BCUT2D eigenvalue weighted by atomic mass is 10.1. The Labute approximate surface area is 93.9 Å². The summed E-state index contributed by atoms with van der Waals surface area (Å²) in [6, 6.07) is -0.527. The van der Waals surface area contributed by atoms with Gasteiger partial charge in [0.2, 0.25) is 0 Å². The van der Waals surface area contributed by atoms with Crippen molar-refractivity contribution in [3.05, 3.63) is 0 Å². The average molecular weight is 228 g/mol. The van der Waals surface area contributed by atoms with Crippen LogP contribution in [0.25, 0.3) is 0 Å². The van der Waals surface area contributed by atoms with Crippen molar-refractivity contribution in [1.82, 2.24) is 10.4 Å².